The van der Waals surface area contributed by atoms with Crippen LogP contribution in [-0.4, -0.2) is 101 Å². The predicted molar refractivity (Wildman–Crippen MR) is 140 cm³/mol. The average Bonchev–Trinajstić information content (AvgIpc) is 3.41. The Morgan fingerprint density at radius 2 is 1.37 bits per heavy atom. The fraction of sp³-hybridized carbons (Fsp3) is 0.542. The Morgan fingerprint density at radius 1 is 0.860 bits per heavy atom. The minimum atomic E-state index is -1.29. The van der Waals surface area contributed by atoms with Gasteiger partial charge in [-0.05, 0) is 42.0 Å². The van der Waals surface area contributed by atoms with Crippen LogP contribution in [0.5, 0.6) is 0 Å². The van der Waals surface area contributed by atoms with Crippen LogP contribution in [-0.2, 0) is 33.3 Å². The Balaban J connectivity index is 0.00000882. The minimum absolute atomic E-state index is 0. The number of azo groups is 1. The zero-order valence-electron chi connectivity index (χ0n) is 24.4. The quantitative estimate of drug-likeness (QED) is 0.0364. The normalized spacial score (nSPS) is 10.7. The molecule has 0 aliphatic rings. The maximum atomic E-state index is 10.8. The molecule has 226 valence electrons. The third-order valence-corrected chi connectivity index (χ3v) is 5.85. The van der Waals surface area contributed by atoms with E-state index in [-0.39, 0.29) is 95.7 Å². The maximum Gasteiger partial charge on any atom is 1.00 e. The van der Waals surface area contributed by atoms with E-state index in [9.17, 15) is 29.9 Å². The number of nitro groups is 1. The maximum absolute atomic E-state index is 10.8. The van der Waals surface area contributed by atoms with Crippen molar-refractivity contribution in [2.45, 2.75) is 6.92 Å². The van der Waals surface area contributed by atoms with E-state index in [4.69, 9.17) is 23.7 Å². The van der Waals surface area contributed by atoms with E-state index in [1.807, 2.05) is 24.0 Å². The molecule has 2 aromatic rings. The van der Waals surface area contributed by atoms with Gasteiger partial charge in [0.2, 0.25) is 5.13 Å². The largest absolute Gasteiger partial charge is 1.00 e. The smallest absolute Gasteiger partial charge is 0.548 e. The Labute approximate surface area is 296 Å². The molecule has 1 heterocycles. The molecule has 1 aromatic carbocycles. The summed E-state index contributed by atoms with van der Waals surface area (Å²) in [6, 6.07) is 5.54. The van der Waals surface area contributed by atoms with Crippen molar-refractivity contribution < 1.29 is 108 Å². The minimum Gasteiger partial charge on any atom is -0.548 e. The molecule has 0 fully saturated rings. The molecule has 0 saturated carbocycles. The van der Waals surface area contributed by atoms with E-state index in [2.05, 4.69) is 15.2 Å². The van der Waals surface area contributed by atoms with Gasteiger partial charge in [-0.25, -0.2) is 4.98 Å². The Bertz CT molecular complexity index is 1140. The standard InChI is InChI=1S/C24H33N5O11S.2Na/c1-18-14-19(2-3-20(18)26-27-24-25-15-21(41-24)29(34)35)28(5-7-37-10-12-39-16-22(30)31)4-6-36-8-9-38-11-13-40-17-23(32)33;;/h2-3,14-15H,4-13,16-17H2,1H3,(H,30,31)(H,32,33);;/q;2*+1/p-2. The number of benzene rings is 1. The van der Waals surface area contributed by atoms with E-state index in [0.29, 0.717) is 45.2 Å². The number of hydrogen-bond acceptors (Lipinski definition) is 16. The monoisotopic (exact) mass is 643 g/mol. The summed E-state index contributed by atoms with van der Waals surface area (Å²) in [6.07, 6.45) is 1.13. The van der Waals surface area contributed by atoms with E-state index in [1.165, 1.54) is 0 Å². The van der Waals surface area contributed by atoms with Gasteiger partial charge in [-0.3, -0.25) is 10.1 Å². The molecule has 19 heteroatoms. The first-order valence-corrected chi connectivity index (χ1v) is 13.2. The Hall–Kier alpha value is -1.61. The second-order valence-electron chi connectivity index (χ2n) is 8.08. The van der Waals surface area contributed by atoms with Gasteiger partial charge in [0, 0.05) is 18.8 Å². The van der Waals surface area contributed by atoms with Gasteiger partial charge < -0.3 is 48.4 Å². The van der Waals surface area contributed by atoms with Crippen molar-refractivity contribution in [1.82, 2.24) is 4.98 Å². The number of aliphatic carboxylic acids is 2. The van der Waals surface area contributed by atoms with Crippen LogP contribution in [0.25, 0.3) is 0 Å². The van der Waals surface area contributed by atoms with Crippen molar-refractivity contribution in [2.75, 3.05) is 84.1 Å². The van der Waals surface area contributed by atoms with Crippen molar-refractivity contribution in [3.63, 3.8) is 0 Å². The summed E-state index contributed by atoms with van der Waals surface area (Å²) < 4.78 is 26.3. The zero-order valence-corrected chi connectivity index (χ0v) is 29.2. The molecule has 16 nitrogen and oxygen atoms in total. The molecule has 0 atom stereocenters. The molecular weight excluding hydrogens is 612 g/mol. The summed E-state index contributed by atoms with van der Waals surface area (Å²) in [5.41, 5.74) is 2.26. The number of anilines is 1. The van der Waals surface area contributed by atoms with Gasteiger partial charge in [0.1, 0.15) is 6.20 Å². The van der Waals surface area contributed by atoms with Crippen LogP contribution >= 0.6 is 11.3 Å². The Morgan fingerprint density at radius 3 is 1.84 bits per heavy atom. The van der Waals surface area contributed by atoms with E-state index < -0.39 is 30.1 Å². The van der Waals surface area contributed by atoms with Crippen LogP contribution in [0.3, 0.4) is 0 Å². The number of rotatable bonds is 23. The molecule has 0 bridgehead atoms. The van der Waals surface area contributed by atoms with E-state index in [1.54, 1.807) is 6.07 Å². The Kier molecular flexibility index (Phi) is 23.8. The number of thiazole rings is 1. The summed E-state index contributed by atoms with van der Waals surface area (Å²) >= 11 is 0.825. The van der Waals surface area contributed by atoms with Crippen LogP contribution in [0.15, 0.2) is 34.6 Å². The topological polar surface area (TPSA) is 210 Å². The van der Waals surface area contributed by atoms with E-state index >= 15 is 0 Å². The summed E-state index contributed by atoms with van der Waals surface area (Å²) in [7, 11) is 0. The van der Waals surface area contributed by atoms with Gasteiger partial charge >= 0.3 is 64.1 Å². The van der Waals surface area contributed by atoms with Gasteiger partial charge in [-0.2, -0.15) is 0 Å². The number of ether oxygens (including phenoxy) is 5. The fourth-order valence-electron chi connectivity index (χ4n) is 3.12. The van der Waals surface area contributed by atoms with Gasteiger partial charge in [0.05, 0.1) is 88.6 Å². The third kappa shape index (κ3) is 18.7. The molecule has 0 aliphatic carbocycles. The zero-order chi connectivity index (χ0) is 29.9. The molecule has 43 heavy (non-hydrogen) atoms. The van der Waals surface area contributed by atoms with Gasteiger partial charge in [0.25, 0.3) is 0 Å². The van der Waals surface area contributed by atoms with Crippen molar-refractivity contribution in [2.24, 2.45) is 10.2 Å². The van der Waals surface area contributed by atoms with Crippen molar-refractivity contribution in [1.29, 1.82) is 0 Å². The summed E-state index contributed by atoms with van der Waals surface area (Å²) in [5, 5.41) is 39.7. The average molecular weight is 644 g/mol. The fourth-order valence-corrected chi connectivity index (χ4v) is 3.68. The molecule has 0 saturated heterocycles. The predicted octanol–water partition coefficient (Wildman–Crippen LogP) is -5.83. The number of carboxylic acids is 2. The van der Waals surface area contributed by atoms with Crippen LogP contribution < -0.4 is 74.2 Å². The number of aromatic nitrogens is 1. The van der Waals surface area contributed by atoms with Gasteiger partial charge in [0.15, 0.2) is 0 Å². The van der Waals surface area contributed by atoms with Crippen LogP contribution in [0.4, 0.5) is 21.5 Å². The second kappa shape index (κ2) is 24.7. The molecule has 1 aromatic heterocycles. The molecule has 0 unspecified atom stereocenters. The van der Waals surface area contributed by atoms with Crippen LogP contribution in [0, 0.1) is 17.0 Å². The SMILES string of the molecule is Cc1cc(N(CCOCCOCCOCC(=O)[O-])CCOCCOCC(=O)[O-])ccc1N=Nc1ncc([N+](=O)[O-])s1.[Na+].[Na+]. The van der Waals surface area contributed by atoms with Gasteiger partial charge in [-0.15, -0.1) is 10.2 Å². The van der Waals surface area contributed by atoms with Gasteiger partial charge in [-0.1, -0.05) is 0 Å². The first kappa shape index (κ1) is 41.4. The first-order chi connectivity index (χ1) is 19.8. The molecular formula is C24H31N5Na2O11S. The van der Waals surface area contributed by atoms with Crippen LogP contribution in [0.1, 0.15) is 5.56 Å². The number of carbonyl (C=O) groups excluding carboxylic acids is 2. The molecule has 2 rings (SSSR count). The number of carbonyl (C=O) groups is 2. The number of aryl methyl sites for hydroxylation is 1. The summed E-state index contributed by atoms with van der Waals surface area (Å²) in [4.78, 5) is 36.9. The summed E-state index contributed by atoms with van der Waals surface area (Å²) in [6.45, 7) is 3.96. The summed E-state index contributed by atoms with van der Waals surface area (Å²) in [5.74, 6) is -2.58. The third-order valence-electron chi connectivity index (χ3n) is 5.02. The molecule has 0 amide bonds. The molecule has 0 aliphatic heterocycles. The number of carboxylic acid groups (broad SMARTS) is 2. The van der Waals surface area contributed by atoms with Crippen molar-refractivity contribution >= 4 is 44.8 Å². The second-order valence-corrected chi connectivity index (χ2v) is 9.07. The number of hydrogen-bond donors (Lipinski definition) is 0. The van der Waals surface area contributed by atoms with Crippen molar-refractivity contribution in [3.8, 4) is 0 Å². The van der Waals surface area contributed by atoms with Crippen molar-refractivity contribution in [3.05, 3.63) is 40.1 Å². The first-order valence-electron chi connectivity index (χ1n) is 12.4. The van der Waals surface area contributed by atoms with E-state index in [0.717, 1.165) is 28.8 Å². The van der Waals surface area contributed by atoms with Crippen LogP contribution in [0.2, 0.25) is 0 Å². The molecule has 0 radical (unpaired) electrons. The molecule has 0 spiro atoms. The molecule has 0 N–H and O–H groups in total. The number of nitrogens with zero attached hydrogens (tertiary/aromatic N) is 5.